The molecule has 3 aromatic heterocycles. The van der Waals surface area contributed by atoms with Gasteiger partial charge in [-0.2, -0.15) is 5.10 Å². The number of aliphatic hydroxyl groups is 1. The maximum absolute atomic E-state index is 10.3. The Morgan fingerprint density at radius 1 is 1.14 bits per heavy atom. The van der Waals surface area contributed by atoms with Crippen molar-refractivity contribution in [3.8, 4) is 22.8 Å². The first-order valence-electron chi connectivity index (χ1n) is 12.9. The van der Waals surface area contributed by atoms with E-state index in [0.29, 0.717) is 0 Å². The molecule has 5 rings (SSSR count). The molecule has 36 heavy (non-hydrogen) atoms. The van der Waals surface area contributed by atoms with E-state index in [4.69, 9.17) is 9.72 Å². The van der Waals surface area contributed by atoms with Crippen molar-refractivity contribution in [3.63, 3.8) is 0 Å². The molecule has 1 saturated carbocycles. The van der Waals surface area contributed by atoms with Gasteiger partial charge in [0.2, 0.25) is 0 Å². The van der Waals surface area contributed by atoms with Gasteiger partial charge in [-0.1, -0.05) is 38.0 Å². The lowest BCUT2D eigenvalue weighted by Crippen LogP contribution is -2.36. The maximum atomic E-state index is 10.3. The summed E-state index contributed by atoms with van der Waals surface area (Å²) < 4.78 is 9.20. The lowest BCUT2D eigenvalue weighted by Gasteiger charge is -2.27. The van der Waals surface area contributed by atoms with E-state index < -0.39 is 0 Å². The van der Waals surface area contributed by atoms with Gasteiger partial charge in [0.1, 0.15) is 11.5 Å². The van der Waals surface area contributed by atoms with Crippen molar-refractivity contribution in [1.82, 2.24) is 24.6 Å². The van der Waals surface area contributed by atoms with Gasteiger partial charge in [-0.3, -0.25) is 9.67 Å². The normalized spacial score (nSPS) is 18.1. The Bertz CT molecular complexity index is 1280. The molecule has 0 saturated heterocycles. The van der Waals surface area contributed by atoms with Crippen LogP contribution >= 0.6 is 11.3 Å². The molecule has 1 aliphatic carbocycles. The SMILES string of the molecule is CCN(CC)CCn1cc(-c2cc(Oc3ccc4nc(N[C@@H]5CCCC[C@H]5O)sc4c3)ccn2)cn1. The number of thiazole rings is 1. The average molecular weight is 507 g/mol. The second-order valence-corrected chi connectivity index (χ2v) is 10.3. The second kappa shape index (κ2) is 11.4. The Morgan fingerprint density at radius 3 is 2.81 bits per heavy atom. The molecule has 190 valence electrons. The minimum Gasteiger partial charge on any atom is -0.457 e. The Morgan fingerprint density at radius 2 is 1.97 bits per heavy atom. The third-order valence-electron chi connectivity index (χ3n) is 6.83. The van der Waals surface area contributed by atoms with E-state index in [0.717, 1.165) is 90.0 Å². The summed E-state index contributed by atoms with van der Waals surface area (Å²) in [5.74, 6) is 1.48. The number of nitrogens with zero attached hydrogens (tertiary/aromatic N) is 5. The van der Waals surface area contributed by atoms with Crippen molar-refractivity contribution in [2.24, 2.45) is 0 Å². The zero-order valence-corrected chi connectivity index (χ0v) is 21.7. The first-order valence-corrected chi connectivity index (χ1v) is 13.7. The molecule has 9 heteroatoms. The molecule has 0 radical (unpaired) electrons. The highest BCUT2D eigenvalue weighted by Gasteiger charge is 2.23. The molecule has 1 fully saturated rings. The fraction of sp³-hybridized carbons (Fsp3) is 0.444. The maximum Gasteiger partial charge on any atom is 0.184 e. The third-order valence-corrected chi connectivity index (χ3v) is 7.78. The predicted octanol–water partition coefficient (Wildman–Crippen LogP) is 5.40. The third kappa shape index (κ3) is 5.86. The van der Waals surface area contributed by atoms with Gasteiger partial charge in [-0.15, -0.1) is 0 Å². The first kappa shape index (κ1) is 24.7. The number of likely N-dealkylation sites (N-methyl/N-ethyl adjacent to an activating group) is 1. The number of benzene rings is 1. The molecular weight excluding hydrogens is 472 g/mol. The van der Waals surface area contributed by atoms with Crippen LogP contribution in [-0.2, 0) is 6.54 Å². The van der Waals surface area contributed by atoms with Crippen molar-refractivity contribution < 1.29 is 9.84 Å². The van der Waals surface area contributed by atoms with Gasteiger partial charge >= 0.3 is 0 Å². The zero-order chi connectivity index (χ0) is 24.9. The minimum atomic E-state index is -0.306. The summed E-state index contributed by atoms with van der Waals surface area (Å²) in [4.78, 5) is 11.6. The molecule has 4 aromatic rings. The molecule has 0 spiro atoms. The van der Waals surface area contributed by atoms with Crippen LogP contribution < -0.4 is 10.1 Å². The summed E-state index contributed by atoms with van der Waals surface area (Å²) in [7, 11) is 0. The molecule has 0 amide bonds. The molecule has 1 aliphatic rings. The van der Waals surface area contributed by atoms with E-state index in [1.54, 1.807) is 17.5 Å². The van der Waals surface area contributed by atoms with Crippen LogP contribution in [0.4, 0.5) is 5.13 Å². The van der Waals surface area contributed by atoms with Gasteiger partial charge in [0.15, 0.2) is 5.13 Å². The van der Waals surface area contributed by atoms with Crippen LogP contribution in [0.1, 0.15) is 39.5 Å². The van der Waals surface area contributed by atoms with E-state index in [1.807, 2.05) is 47.4 Å². The quantitative estimate of drug-likeness (QED) is 0.298. The number of ether oxygens (including phenoxy) is 1. The van der Waals surface area contributed by atoms with Crippen LogP contribution in [0.5, 0.6) is 11.5 Å². The number of pyridine rings is 1. The fourth-order valence-corrected chi connectivity index (χ4v) is 5.59. The Hall–Kier alpha value is -3.01. The van der Waals surface area contributed by atoms with Gasteiger partial charge in [-0.25, -0.2) is 4.98 Å². The number of anilines is 1. The molecule has 3 heterocycles. The van der Waals surface area contributed by atoms with Crippen molar-refractivity contribution in [2.45, 2.75) is 58.2 Å². The van der Waals surface area contributed by atoms with Gasteiger partial charge in [-0.05, 0) is 44.1 Å². The number of fused-ring (bicyclic) bond motifs is 1. The molecule has 2 atom stereocenters. The minimum absolute atomic E-state index is 0.0758. The zero-order valence-electron chi connectivity index (χ0n) is 20.9. The van der Waals surface area contributed by atoms with E-state index in [2.05, 4.69) is 34.1 Å². The molecule has 0 unspecified atom stereocenters. The van der Waals surface area contributed by atoms with E-state index >= 15 is 0 Å². The summed E-state index contributed by atoms with van der Waals surface area (Å²) in [6.45, 7) is 8.27. The van der Waals surface area contributed by atoms with Crippen LogP contribution in [0.3, 0.4) is 0 Å². The number of aliphatic hydroxyl groups excluding tert-OH is 1. The van der Waals surface area contributed by atoms with Gasteiger partial charge < -0.3 is 20.1 Å². The molecule has 2 N–H and O–H groups in total. The number of hydrogen-bond donors (Lipinski definition) is 2. The number of nitrogens with one attached hydrogen (secondary N) is 1. The van der Waals surface area contributed by atoms with Crippen LogP contribution in [-0.4, -0.2) is 61.5 Å². The van der Waals surface area contributed by atoms with E-state index in [-0.39, 0.29) is 12.1 Å². The molecule has 1 aromatic carbocycles. The fourth-order valence-electron chi connectivity index (χ4n) is 4.64. The summed E-state index contributed by atoms with van der Waals surface area (Å²) >= 11 is 1.59. The van der Waals surface area contributed by atoms with Gasteiger partial charge in [0.05, 0.1) is 40.8 Å². The van der Waals surface area contributed by atoms with Crippen LogP contribution in [0.2, 0.25) is 0 Å². The topological polar surface area (TPSA) is 88.3 Å². The molecule has 8 nitrogen and oxygen atoms in total. The highest BCUT2D eigenvalue weighted by atomic mass is 32.1. The Kier molecular flexibility index (Phi) is 7.79. The van der Waals surface area contributed by atoms with Crippen molar-refractivity contribution in [1.29, 1.82) is 0 Å². The smallest absolute Gasteiger partial charge is 0.184 e. The van der Waals surface area contributed by atoms with Gasteiger partial charge in [0.25, 0.3) is 0 Å². The average Bonchev–Trinajstić information content (AvgIpc) is 3.53. The largest absolute Gasteiger partial charge is 0.457 e. The standard InChI is InChI=1S/C27H34N6O2S/c1-3-32(4-2)13-14-33-18-19(17-29-33)24-15-21(11-12-28-24)35-20-9-10-23-26(16-20)36-27(31-23)30-22-7-5-6-8-25(22)34/h9-12,15-18,22,25,34H,3-8,13-14H2,1-2H3,(H,30,31)/t22-,25-/m1/s1. The monoisotopic (exact) mass is 506 g/mol. The van der Waals surface area contributed by atoms with E-state index in [1.165, 1.54) is 0 Å². The van der Waals surface area contributed by atoms with Crippen molar-refractivity contribution in [3.05, 3.63) is 48.9 Å². The molecule has 0 bridgehead atoms. The summed E-state index contributed by atoms with van der Waals surface area (Å²) in [6, 6.07) is 9.81. The Balaban J connectivity index is 1.26. The van der Waals surface area contributed by atoms with Gasteiger partial charge in [0, 0.05) is 36.6 Å². The second-order valence-electron chi connectivity index (χ2n) is 9.25. The predicted molar refractivity (Wildman–Crippen MR) is 145 cm³/mol. The Labute approximate surface area is 216 Å². The van der Waals surface area contributed by atoms with Crippen LogP contribution in [0.15, 0.2) is 48.9 Å². The number of hydrogen-bond acceptors (Lipinski definition) is 8. The molecular formula is C27H34N6O2S. The lowest BCUT2D eigenvalue weighted by molar-refractivity contribution is 0.116. The van der Waals surface area contributed by atoms with Crippen molar-refractivity contribution >= 4 is 26.7 Å². The van der Waals surface area contributed by atoms with Crippen LogP contribution in [0, 0.1) is 0 Å². The van der Waals surface area contributed by atoms with E-state index in [9.17, 15) is 5.11 Å². The number of rotatable bonds is 10. The summed E-state index contributed by atoms with van der Waals surface area (Å²) in [6.07, 6.45) is 9.42. The summed E-state index contributed by atoms with van der Waals surface area (Å²) in [5, 5.41) is 19.1. The highest BCUT2D eigenvalue weighted by molar-refractivity contribution is 7.22. The lowest BCUT2D eigenvalue weighted by atomic mass is 9.93. The highest BCUT2D eigenvalue weighted by Crippen LogP contribution is 2.33. The molecule has 0 aliphatic heterocycles. The first-order chi connectivity index (χ1) is 17.6. The van der Waals surface area contributed by atoms with Crippen LogP contribution in [0.25, 0.3) is 21.5 Å². The summed E-state index contributed by atoms with van der Waals surface area (Å²) in [5.41, 5.74) is 2.73. The number of aromatic nitrogens is 4. The van der Waals surface area contributed by atoms with Crippen molar-refractivity contribution in [2.75, 3.05) is 25.0 Å².